The maximum absolute atomic E-state index is 12.9. The maximum atomic E-state index is 12.9. The minimum absolute atomic E-state index is 0.0748. The number of aromatic nitrogens is 1. The van der Waals surface area contributed by atoms with Crippen LogP contribution in [-0.4, -0.2) is 68.2 Å². The number of nitrogens with zero attached hydrogens (tertiary/aromatic N) is 3. The van der Waals surface area contributed by atoms with Crippen LogP contribution in [0.5, 0.6) is 0 Å². The second-order valence-electron chi connectivity index (χ2n) is 6.68. The van der Waals surface area contributed by atoms with E-state index in [-0.39, 0.29) is 39.7 Å². The van der Waals surface area contributed by atoms with Crippen LogP contribution in [0.3, 0.4) is 0 Å². The van der Waals surface area contributed by atoms with Gasteiger partial charge in [-0.2, -0.15) is 0 Å². The van der Waals surface area contributed by atoms with Gasteiger partial charge in [0.1, 0.15) is 28.9 Å². The van der Waals surface area contributed by atoms with Gasteiger partial charge in [0.05, 0.1) is 0 Å². The molecule has 1 aromatic rings. The second-order valence-corrected chi connectivity index (χ2v) is 8.65. The third-order valence-corrected chi connectivity index (χ3v) is 6.65. The van der Waals surface area contributed by atoms with Crippen LogP contribution < -0.4 is 10.6 Å². The molecule has 4 rings (SSSR count). The van der Waals surface area contributed by atoms with Crippen LogP contribution in [-0.2, 0) is 24.0 Å². The van der Waals surface area contributed by atoms with Gasteiger partial charge < -0.3 is 20.6 Å². The van der Waals surface area contributed by atoms with Crippen molar-refractivity contribution in [3.8, 4) is 12.3 Å². The summed E-state index contributed by atoms with van der Waals surface area (Å²) in [5, 5.41) is 19.5. The summed E-state index contributed by atoms with van der Waals surface area (Å²) in [6.45, 7) is 0. The number of amides is 3. The van der Waals surface area contributed by atoms with Crippen LogP contribution in [0.15, 0.2) is 21.8 Å². The molecule has 3 heterocycles. The fourth-order valence-electron chi connectivity index (χ4n) is 2.94. The molecule has 3 amide bonds. The van der Waals surface area contributed by atoms with E-state index in [1.807, 2.05) is 0 Å². The fraction of sp³-hybridized carbons (Fsp3) is 0.333. The highest BCUT2D eigenvalue weighted by molar-refractivity contribution is 8.00. The van der Waals surface area contributed by atoms with Gasteiger partial charge in [-0.3, -0.25) is 19.3 Å². The minimum Gasteiger partial charge on any atom is -0.477 e. The first-order valence-electron chi connectivity index (χ1n) is 9.03. The Morgan fingerprint density at radius 2 is 2.23 bits per heavy atom. The first-order valence-corrected chi connectivity index (χ1v) is 11.0. The van der Waals surface area contributed by atoms with Crippen molar-refractivity contribution in [3.05, 3.63) is 22.3 Å². The number of carbonyl (C=O) groups is 4. The third-order valence-electron chi connectivity index (χ3n) is 4.59. The number of aliphatic carboxylic acids is 1. The van der Waals surface area contributed by atoms with Crippen molar-refractivity contribution in [2.24, 2.45) is 5.16 Å². The quantitative estimate of drug-likeness (QED) is 0.161. The van der Waals surface area contributed by atoms with Gasteiger partial charge in [-0.1, -0.05) is 11.1 Å². The highest BCUT2D eigenvalue weighted by atomic mass is 32.2. The zero-order chi connectivity index (χ0) is 22.1. The summed E-state index contributed by atoms with van der Waals surface area (Å²) < 4.78 is 0. The number of thiazole rings is 1. The normalized spacial score (nSPS) is 22.7. The Morgan fingerprint density at radius 3 is 2.87 bits per heavy atom. The fourth-order valence-corrected chi connectivity index (χ4v) is 4.89. The lowest BCUT2D eigenvalue weighted by atomic mass is 10.0. The number of thioether (sulfide) groups is 1. The van der Waals surface area contributed by atoms with Crippen molar-refractivity contribution >= 4 is 58.1 Å². The van der Waals surface area contributed by atoms with Crippen molar-refractivity contribution in [1.82, 2.24) is 15.2 Å². The van der Waals surface area contributed by atoms with Gasteiger partial charge in [-0.25, -0.2) is 9.78 Å². The number of carboxylic acid groups (broad SMARTS) is 1. The number of terminal acetylenes is 1. The van der Waals surface area contributed by atoms with Gasteiger partial charge in [0.15, 0.2) is 10.8 Å². The van der Waals surface area contributed by atoms with E-state index in [1.165, 1.54) is 17.1 Å². The molecular weight excluding hydrogens is 446 g/mol. The molecule has 3 N–H and O–H groups in total. The molecule has 0 unspecified atom stereocenters. The zero-order valence-electron chi connectivity index (χ0n) is 15.7. The molecule has 3 aliphatic rings. The lowest BCUT2D eigenvalue weighted by Gasteiger charge is -2.48. The standard InChI is InChI=1S/C18H15N5O6S2/c1-2-8-5-30-16-12(15(26)23(16)13(8)17(27)28)21-14(25)11(22-29-9-3-4-9)10-6-31-18(20-10)19-7-24/h1,6-7,9,12,16H,3-5H2,(H,21,25)(H,27,28)(H,19,20,24)/b22-11-/t12-,16-/m1/s1. The smallest absolute Gasteiger partial charge is 0.353 e. The molecule has 0 radical (unpaired) electrons. The maximum Gasteiger partial charge on any atom is 0.353 e. The second kappa shape index (κ2) is 8.40. The molecular formula is C18H15N5O6S2. The number of oxime groups is 1. The Morgan fingerprint density at radius 1 is 1.45 bits per heavy atom. The molecule has 2 atom stereocenters. The van der Waals surface area contributed by atoms with E-state index in [0.29, 0.717) is 6.41 Å². The Hall–Kier alpha value is -3.37. The molecule has 1 saturated carbocycles. The molecule has 0 aromatic carbocycles. The lowest BCUT2D eigenvalue weighted by molar-refractivity contribution is -0.150. The van der Waals surface area contributed by atoms with Gasteiger partial charge in [-0.05, 0) is 12.8 Å². The number of hydrogen-bond acceptors (Lipinski definition) is 9. The Kier molecular flexibility index (Phi) is 5.66. The van der Waals surface area contributed by atoms with Gasteiger partial charge >= 0.3 is 5.97 Å². The SMILES string of the molecule is C#CC1=C(C(=O)O)N2C(=O)[C@@H](NC(=O)/C(=N\OC3CC3)c3csc(NC=O)n3)[C@H]2SC1. The van der Waals surface area contributed by atoms with E-state index in [0.717, 1.165) is 29.1 Å². The number of carbonyl (C=O) groups excluding carboxylic acids is 3. The molecule has 0 spiro atoms. The first-order chi connectivity index (χ1) is 14.9. The summed E-state index contributed by atoms with van der Waals surface area (Å²) in [4.78, 5) is 58.2. The van der Waals surface area contributed by atoms with E-state index in [1.54, 1.807) is 0 Å². The zero-order valence-corrected chi connectivity index (χ0v) is 17.4. The third kappa shape index (κ3) is 3.99. The van der Waals surface area contributed by atoms with Gasteiger partial charge in [0.2, 0.25) is 6.41 Å². The number of carboxylic acids is 1. The summed E-state index contributed by atoms with van der Waals surface area (Å²) in [6, 6.07) is -0.955. The van der Waals surface area contributed by atoms with Crippen LogP contribution in [0.25, 0.3) is 0 Å². The number of β-lactam (4-membered cyclic amide) rings is 1. The topological polar surface area (TPSA) is 150 Å². The van der Waals surface area contributed by atoms with Crippen LogP contribution in [0.2, 0.25) is 0 Å². The van der Waals surface area contributed by atoms with E-state index < -0.39 is 29.2 Å². The summed E-state index contributed by atoms with van der Waals surface area (Å²) in [6.07, 6.45) is 7.39. The molecule has 2 aliphatic heterocycles. The molecule has 13 heteroatoms. The van der Waals surface area contributed by atoms with Crippen molar-refractivity contribution in [2.75, 3.05) is 11.1 Å². The van der Waals surface area contributed by atoms with Crippen LogP contribution in [0, 0.1) is 12.3 Å². The molecule has 11 nitrogen and oxygen atoms in total. The average Bonchev–Trinajstić information content (AvgIpc) is 3.48. The van der Waals surface area contributed by atoms with E-state index in [9.17, 15) is 24.3 Å². The molecule has 2 fully saturated rings. The summed E-state index contributed by atoms with van der Waals surface area (Å²) >= 11 is 2.35. The van der Waals surface area contributed by atoms with Crippen LogP contribution >= 0.6 is 23.1 Å². The Labute approximate surface area is 183 Å². The molecule has 160 valence electrons. The van der Waals surface area contributed by atoms with Crippen molar-refractivity contribution in [1.29, 1.82) is 0 Å². The van der Waals surface area contributed by atoms with Crippen LogP contribution in [0.4, 0.5) is 5.13 Å². The predicted molar refractivity (Wildman–Crippen MR) is 111 cm³/mol. The molecule has 1 saturated heterocycles. The number of hydrogen-bond donors (Lipinski definition) is 3. The van der Waals surface area contributed by atoms with Crippen molar-refractivity contribution in [2.45, 2.75) is 30.4 Å². The summed E-state index contributed by atoms with van der Waals surface area (Å²) in [5.74, 6) is -0.0448. The highest BCUT2D eigenvalue weighted by Crippen LogP contribution is 2.40. The van der Waals surface area contributed by atoms with E-state index in [2.05, 4.69) is 26.7 Å². The molecule has 1 aliphatic carbocycles. The number of fused-ring (bicyclic) bond motifs is 1. The predicted octanol–water partition coefficient (Wildman–Crippen LogP) is -0.0337. The lowest BCUT2D eigenvalue weighted by Crippen LogP contribution is -2.71. The highest BCUT2D eigenvalue weighted by Gasteiger charge is 2.54. The number of nitrogens with one attached hydrogen (secondary N) is 2. The summed E-state index contributed by atoms with van der Waals surface area (Å²) in [5.41, 5.74) is 0.00191. The molecule has 31 heavy (non-hydrogen) atoms. The Bertz CT molecular complexity index is 1070. The summed E-state index contributed by atoms with van der Waals surface area (Å²) in [7, 11) is 0. The monoisotopic (exact) mass is 461 g/mol. The number of rotatable bonds is 8. The van der Waals surface area contributed by atoms with Gasteiger partial charge in [-0.15, -0.1) is 29.5 Å². The van der Waals surface area contributed by atoms with Crippen molar-refractivity contribution in [3.63, 3.8) is 0 Å². The van der Waals surface area contributed by atoms with Gasteiger partial charge in [0, 0.05) is 16.7 Å². The first kappa shape index (κ1) is 20.9. The molecule has 1 aromatic heterocycles. The number of anilines is 1. The van der Waals surface area contributed by atoms with E-state index >= 15 is 0 Å². The average molecular weight is 461 g/mol. The van der Waals surface area contributed by atoms with Crippen LogP contribution in [0.1, 0.15) is 18.5 Å². The van der Waals surface area contributed by atoms with Crippen molar-refractivity contribution < 1.29 is 29.1 Å². The largest absolute Gasteiger partial charge is 0.477 e. The van der Waals surface area contributed by atoms with E-state index in [4.69, 9.17) is 11.3 Å². The Balaban J connectivity index is 1.53. The van der Waals surface area contributed by atoms with Gasteiger partial charge in [0.25, 0.3) is 11.8 Å². The minimum atomic E-state index is -1.30. The molecule has 0 bridgehead atoms.